The van der Waals surface area contributed by atoms with E-state index in [0.29, 0.717) is 43.2 Å². The van der Waals surface area contributed by atoms with Crippen molar-refractivity contribution in [2.75, 3.05) is 33.3 Å². The van der Waals surface area contributed by atoms with Crippen LogP contribution in [0.1, 0.15) is 24.9 Å². The van der Waals surface area contributed by atoms with Gasteiger partial charge in [0.25, 0.3) is 0 Å². The van der Waals surface area contributed by atoms with E-state index in [1.54, 1.807) is 17.9 Å². The summed E-state index contributed by atoms with van der Waals surface area (Å²) in [5.41, 5.74) is -0.0153. The molecular weight excluding hydrogens is 399 g/mol. The molecule has 142 valence electrons. The highest BCUT2D eigenvalue weighted by atomic mass is 35.5. The maximum atomic E-state index is 12.7. The van der Waals surface area contributed by atoms with Gasteiger partial charge in [-0.15, -0.1) is 23.2 Å². The molecule has 2 fully saturated rings. The number of piperazine rings is 1. The largest absolute Gasteiger partial charge is 0.468 e. The highest BCUT2D eigenvalue weighted by Gasteiger charge is 2.68. The van der Waals surface area contributed by atoms with Crippen molar-refractivity contribution in [2.45, 2.75) is 23.7 Å². The van der Waals surface area contributed by atoms with E-state index in [1.807, 2.05) is 23.1 Å². The number of hydrogen-bond acceptors (Lipinski definition) is 4. The van der Waals surface area contributed by atoms with Crippen molar-refractivity contribution in [1.82, 2.24) is 9.80 Å². The van der Waals surface area contributed by atoms with E-state index in [2.05, 4.69) is 0 Å². The zero-order chi connectivity index (χ0) is 19.1. The van der Waals surface area contributed by atoms with Crippen LogP contribution in [0, 0.1) is 5.41 Å². The molecule has 1 saturated carbocycles. The van der Waals surface area contributed by atoms with Crippen molar-refractivity contribution < 1.29 is 14.3 Å². The molecule has 0 radical (unpaired) electrons. The summed E-state index contributed by atoms with van der Waals surface area (Å²) in [5, 5.41) is 0.515. The number of rotatable bonds is 4. The first kappa shape index (κ1) is 19.7. The smallest absolute Gasteiger partial charge is 0.327 e. The Balaban J connectivity index is 1.72. The summed E-state index contributed by atoms with van der Waals surface area (Å²) in [6.45, 7) is 3.85. The number of carbonyl (C=O) groups excluding carboxylic acids is 2. The van der Waals surface area contributed by atoms with Gasteiger partial charge in [0.05, 0.1) is 12.5 Å². The highest BCUT2D eigenvalue weighted by Crippen LogP contribution is 2.64. The van der Waals surface area contributed by atoms with Crippen molar-refractivity contribution in [3.8, 4) is 0 Å². The van der Waals surface area contributed by atoms with Crippen LogP contribution in [-0.2, 0) is 14.3 Å². The number of nitrogens with zero attached hydrogens (tertiary/aromatic N) is 2. The number of methoxy groups -OCH3 is 1. The lowest BCUT2D eigenvalue weighted by atomic mass is 10.0. The first-order chi connectivity index (χ1) is 12.2. The van der Waals surface area contributed by atoms with Gasteiger partial charge in [-0.05, 0) is 25.0 Å². The molecule has 26 heavy (non-hydrogen) atoms. The zero-order valence-corrected chi connectivity index (χ0v) is 16.9. The Morgan fingerprint density at radius 3 is 2.23 bits per heavy atom. The molecule has 1 aliphatic heterocycles. The minimum Gasteiger partial charge on any atom is -0.468 e. The van der Waals surface area contributed by atoms with Crippen LogP contribution >= 0.6 is 34.8 Å². The normalized spacial score (nSPS) is 26.3. The van der Waals surface area contributed by atoms with Crippen LogP contribution in [0.4, 0.5) is 0 Å². The Hall–Kier alpha value is -1.01. The maximum absolute atomic E-state index is 12.7. The fourth-order valence-electron chi connectivity index (χ4n) is 3.45. The third kappa shape index (κ3) is 3.42. The molecule has 1 aliphatic carbocycles. The quantitative estimate of drug-likeness (QED) is 0.555. The summed E-state index contributed by atoms with van der Waals surface area (Å²) >= 11 is 18.6. The number of alkyl halides is 2. The number of esters is 1. The molecule has 3 rings (SSSR count). The van der Waals surface area contributed by atoms with Crippen LogP contribution in [0.25, 0.3) is 0 Å². The van der Waals surface area contributed by atoms with Gasteiger partial charge in [0.1, 0.15) is 10.4 Å². The predicted molar refractivity (Wildman–Crippen MR) is 102 cm³/mol. The molecule has 2 aliphatic rings. The standard InChI is InChI=1S/C18H21Cl3N2O3/c1-17(11-18(17,20)21)16(25)23-9-7-22(8-10-23)14(15(24)26-2)12-5-3-4-6-13(12)19/h3-6,14H,7-11H2,1-2H3. The van der Waals surface area contributed by atoms with Crippen LogP contribution in [0.5, 0.6) is 0 Å². The number of carbonyl (C=O) groups is 2. The Kier molecular flexibility index (Phi) is 5.46. The van der Waals surface area contributed by atoms with E-state index in [0.717, 1.165) is 0 Å². The summed E-state index contributed by atoms with van der Waals surface area (Å²) < 4.78 is 4.01. The molecule has 1 heterocycles. The first-order valence-corrected chi connectivity index (χ1v) is 9.58. The monoisotopic (exact) mass is 418 g/mol. The van der Waals surface area contributed by atoms with Gasteiger partial charge < -0.3 is 9.64 Å². The van der Waals surface area contributed by atoms with E-state index < -0.39 is 15.8 Å². The lowest BCUT2D eigenvalue weighted by Gasteiger charge is -2.39. The van der Waals surface area contributed by atoms with Gasteiger partial charge in [-0.3, -0.25) is 9.69 Å². The number of amides is 1. The van der Waals surface area contributed by atoms with Gasteiger partial charge in [0, 0.05) is 31.2 Å². The third-order valence-corrected chi connectivity index (χ3v) is 6.77. The fraction of sp³-hybridized carbons (Fsp3) is 0.556. The molecule has 8 heteroatoms. The minimum absolute atomic E-state index is 0.0329. The molecule has 1 saturated heterocycles. The van der Waals surface area contributed by atoms with Crippen molar-refractivity contribution >= 4 is 46.7 Å². The van der Waals surface area contributed by atoms with E-state index >= 15 is 0 Å². The molecule has 0 aromatic heterocycles. The second-order valence-electron chi connectivity index (χ2n) is 6.99. The summed E-state index contributed by atoms with van der Waals surface area (Å²) in [7, 11) is 1.36. The molecular formula is C18H21Cl3N2O3. The second-order valence-corrected chi connectivity index (χ2v) is 8.88. The van der Waals surface area contributed by atoms with Gasteiger partial charge in [0.2, 0.25) is 5.91 Å². The zero-order valence-electron chi connectivity index (χ0n) is 14.7. The van der Waals surface area contributed by atoms with Crippen LogP contribution in [0.15, 0.2) is 24.3 Å². The summed E-state index contributed by atoms with van der Waals surface area (Å²) in [4.78, 5) is 28.9. The van der Waals surface area contributed by atoms with Gasteiger partial charge in [-0.2, -0.15) is 0 Å². The number of ether oxygens (including phenoxy) is 1. The number of halogens is 3. The average molecular weight is 420 g/mol. The van der Waals surface area contributed by atoms with Crippen LogP contribution in [0.3, 0.4) is 0 Å². The van der Waals surface area contributed by atoms with E-state index in [9.17, 15) is 9.59 Å². The maximum Gasteiger partial charge on any atom is 0.327 e. The number of hydrogen-bond donors (Lipinski definition) is 0. The Morgan fingerprint density at radius 2 is 1.73 bits per heavy atom. The first-order valence-electron chi connectivity index (χ1n) is 8.45. The average Bonchev–Trinajstić information content (AvgIpc) is 3.15. The lowest BCUT2D eigenvalue weighted by Crippen LogP contribution is -2.53. The Bertz CT molecular complexity index is 719. The topological polar surface area (TPSA) is 49.9 Å². The summed E-state index contributed by atoms with van der Waals surface area (Å²) in [6.07, 6.45) is 0.465. The van der Waals surface area contributed by atoms with Gasteiger partial charge in [0.15, 0.2) is 0 Å². The van der Waals surface area contributed by atoms with E-state index in [1.165, 1.54) is 7.11 Å². The molecule has 0 bridgehead atoms. The summed E-state index contributed by atoms with van der Waals surface area (Å²) in [6, 6.07) is 6.63. The Morgan fingerprint density at radius 1 is 1.15 bits per heavy atom. The fourth-order valence-corrected chi connectivity index (χ4v) is 4.38. The molecule has 1 amide bonds. The van der Waals surface area contributed by atoms with E-state index in [-0.39, 0.29) is 11.9 Å². The van der Waals surface area contributed by atoms with Crippen LogP contribution < -0.4 is 0 Å². The van der Waals surface area contributed by atoms with Gasteiger partial charge in [-0.25, -0.2) is 4.79 Å². The lowest BCUT2D eigenvalue weighted by molar-refractivity contribution is -0.149. The van der Waals surface area contributed by atoms with Crippen molar-refractivity contribution in [2.24, 2.45) is 5.41 Å². The van der Waals surface area contributed by atoms with Gasteiger partial charge in [-0.1, -0.05) is 29.8 Å². The molecule has 2 atom stereocenters. The van der Waals surface area contributed by atoms with Crippen LogP contribution in [0.2, 0.25) is 5.02 Å². The van der Waals surface area contributed by atoms with Crippen LogP contribution in [-0.4, -0.2) is 59.3 Å². The second kappa shape index (κ2) is 7.19. The molecule has 0 spiro atoms. The number of benzene rings is 1. The third-order valence-electron chi connectivity index (χ3n) is 5.32. The summed E-state index contributed by atoms with van der Waals surface area (Å²) in [5.74, 6) is -0.401. The SMILES string of the molecule is COC(=O)C(c1ccccc1Cl)N1CCN(C(=O)C2(C)CC2(Cl)Cl)CC1. The molecule has 0 N–H and O–H groups in total. The predicted octanol–water partition coefficient (Wildman–Crippen LogP) is 3.28. The Labute approximate surface area is 168 Å². The van der Waals surface area contributed by atoms with Gasteiger partial charge >= 0.3 is 5.97 Å². The van der Waals surface area contributed by atoms with Crippen molar-refractivity contribution in [1.29, 1.82) is 0 Å². The molecule has 2 unspecified atom stereocenters. The highest BCUT2D eigenvalue weighted by molar-refractivity contribution is 6.53. The van der Waals surface area contributed by atoms with Crippen molar-refractivity contribution in [3.63, 3.8) is 0 Å². The minimum atomic E-state index is -0.979. The van der Waals surface area contributed by atoms with Crippen molar-refractivity contribution in [3.05, 3.63) is 34.9 Å². The van der Waals surface area contributed by atoms with E-state index in [4.69, 9.17) is 39.5 Å². The molecule has 1 aromatic rings. The molecule has 1 aromatic carbocycles. The molecule has 5 nitrogen and oxygen atoms in total.